The molecule has 0 saturated carbocycles. The molecule has 0 aliphatic carbocycles. The lowest BCUT2D eigenvalue weighted by atomic mass is 9.97. The van der Waals surface area contributed by atoms with E-state index in [4.69, 9.17) is 4.74 Å². The Balaban J connectivity index is 4.85. The third kappa shape index (κ3) is 7.53. The molecule has 1 amide bonds. The van der Waals surface area contributed by atoms with E-state index in [0.29, 0.717) is 6.42 Å². The van der Waals surface area contributed by atoms with Crippen LogP contribution < -0.4 is 5.32 Å². The molecule has 0 aliphatic rings. The van der Waals surface area contributed by atoms with Gasteiger partial charge in [0.1, 0.15) is 11.6 Å². The zero-order valence-corrected chi connectivity index (χ0v) is 13.5. The number of methoxy groups -OCH3 is 2. The first kappa shape index (κ1) is 19.2. The number of esters is 2. The number of hydrogen-bond donors (Lipinski definition) is 1. The molecule has 2 unspecified atom stereocenters. The minimum Gasteiger partial charge on any atom is -0.469 e. The Hall–Kier alpha value is -1.79. The lowest BCUT2D eigenvalue weighted by Crippen LogP contribution is -2.45. The summed E-state index contributed by atoms with van der Waals surface area (Å²) < 4.78 is 14.4. The van der Waals surface area contributed by atoms with Gasteiger partial charge in [-0.3, -0.25) is 4.79 Å². The van der Waals surface area contributed by atoms with Crippen LogP contribution in [0.15, 0.2) is 0 Å². The predicted octanol–water partition coefficient (Wildman–Crippen LogP) is 1.64. The summed E-state index contributed by atoms with van der Waals surface area (Å²) >= 11 is 0. The molecular formula is C14H25NO6. The molecule has 7 nitrogen and oxygen atoms in total. The standard InChI is InChI=1S/C14H25NO6/c1-7-9(11(16)19-5)8-10(12(17)20-6)15-13(18)21-14(2,3)4/h9-10H,7-8H2,1-6H3,(H,15,18). The maximum Gasteiger partial charge on any atom is 0.408 e. The van der Waals surface area contributed by atoms with Gasteiger partial charge in [0.15, 0.2) is 0 Å². The van der Waals surface area contributed by atoms with Gasteiger partial charge >= 0.3 is 18.0 Å². The van der Waals surface area contributed by atoms with Gasteiger partial charge in [0.25, 0.3) is 0 Å². The Labute approximate surface area is 125 Å². The van der Waals surface area contributed by atoms with Crippen LogP contribution in [0, 0.1) is 5.92 Å². The molecule has 0 spiro atoms. The highest BCUT2D eigenvalue weighted by molar-refractivity contribution is 5.82. The summed E-state index contributed by atoms with van der Waals surface area (Å²) in [4.78, 5) is 35.1. The van der Waals surface area contributed by atoms with Crippen LogP contribution in [0.3, 0.4) is 0 Å². The third-order valence-corrected chi connectivity index (χ3v) is 2.72. The molecule has 0 aromatic carbocycles. The zero-order valence-electron chi connectivity index (χ0n) is 13.5. The summed E-state index contributed by atoms with van der Waals surface area (Å²) in [6.07, 6.45) is -0.164. The van der Waals surface area contributed by atoms with Crippen LogP contribution in [-0.4, -0.2) is 43.9 Å². The molecule has 0 heterocycles. The van der Waals surface area contributed by atoms with E-state index in [9.17, 15) is 14.4 Å². The van der Waals surface area contributed by atoms with Crippen LogP contribution in [0.25, 0.3) is 0 Å². The summed E-state index contributed by atoms with van der Waals surface area (Å²) in [7, 11) is 2.49. The maximum atomic E-state index is 11.7. The van der Waals surface area contributed by atoms with Crippen molar-refractivity contribution in [2.75, 3.05) is 14.2 Å². The molecule has 0 bridgehead atoms. The van der Waals surface area contributed by atoms with Crippen molar-refractivity contribution in [3.63, 3.8) is 0 Å². The van der Waals surface area contributed by atoms with E-state index in [0.717, 1.165) is 0 Å². The Morgan fingerprint density at radius 1 is 1.05 bits per heavy atom. The molecule has 21 heavy (non-hydrogen) atoms. The number of rotatable bonds is 6. The quantitative estimate of drug-likeness (QED) is 0.592. The fraction of sp³-hybridized carbons (Fsp3) is 0.786. The van der Waals surface area contributed by atoms with Crippen molar-refractivity contribution >= 4 is 18.0 Å². The number of alkyl carbamates (subject to hydrolysis) is 1. The molecule has 0 fully saturated rings. The van der Waals surface area contributed by atoms with Gasteiger partial charge in [-0.2, -0.15) is 0 Å². The molecular weight excluding hydrogens is 278 g/mol. The van der Waals surface area contributed by atoms with Crippen LogP contribution in [0.1, 0.15) is 40.5 Å². The van der Waals surface area contributed by atoms with E-state index in [1.807, 2.05) is 0 Å². The highest BCUT2D eigenvalue weighted by Gasteiger charge is 2.30. The summed E-state index contributed by atoms with van der Waals surface area (Å²) in [6, 6.07) is -0.964. The lowest BCUT2D eigenvalue weighted by Gasteiger charge is -2.24. The van der Waals surface area contributed by atoms with Gasteiger partial charge in [-0.15, -0.1) is 0 Å². The van der Waals surface area contributed by atoms with Gasteiger partial charge in [0.2, 0.25) is 0 Å². The summed E-state index contributed by atoms with van der Waals surface area (Å²) in [6.45, 7) is 6.93. The second kappa shape index (κ2) is 8.49. The smallest absolute Gasteiger partial charge is 0.408 e. The predicted molar refractivity (Wildman–Crippen MR) is 75.6 cm³/mol. The average molecular weight is 303 g/mol. The highest BCUT2D eigenvalue weighted by atomic mass is 16.6. The number of amides is 1. The first-order chi connectivity index (χ1) is 9.64. The Bertz CT molecular complexity index is 374. The SMILES string of the molecule is CCC(CC(NC(=O)OC(C)(C)C)C(=O)OC)C(=O)OC. The van der Waals surface area contributed by atoms with Crippen LogP contribution in [-0.2, 0) is 23.8 Å². The van der Waals surface area contributed by atoms with E-state index in [1.54, 1.807) is 27.7 Å². The Morgan fingerprint density at radius 3 is 1.95 bits per heavy atom. The maximum absolute atomic E-state index is 11.7. The van der Waals surface area contributed by atoms with Gasteiger partial charge in [0.05, 0.1) is 20.1 Å². The molecule has 0 radical (unpaired) electrons. The van der Waals surface area contributed by atoms with Gasteiger partial charge in [0, 0.05) is 0 Å². The molecule has 0 aliphatic heterocycles. The van der Waals surface area contributed by atoms with Gasteiger partial charge in [-0.1, -0.05) is 6.92 Å². The van der Waals surface area contributed by atoms with Crippen LogP contribution >= 0.6 is 0 Å². The average Bonchev–Trinajstić information content (AvgIpc) is 2.39. The normalized spacial score (nSPS) is 13.8. The first-order valence-corrected chi connectivity index (χ1v) is 6.79. The van der Waals surface area contributed by atoms with Crippen LogP contribution in [0.5, 0.6) is 0 Å². The number of ether oxygens (including phenoxy) is 3. The van der Waals surface area contributed by atoms with E-state index in [2.05, 4.69) is 14.8 Å². The van der Waals surface area contributed by atoms with E-state index >= 15 is 0 Å². The van der Waals surface area contributed by atoms with E-state index in [1.165, 1.54) is 14.2 Å². The van der Waals surface area contributed by atoms with Crippen LogP contribution in [0.4, 0.5) is 4.79 Å². The molecule has 0 rings (SSSR count). The molecule has 0 aromatic heterocycles. The third-order valence-electron chi connectivity index (χ3n) is 2.72. The van der Waals surface area contributed by atoms with Crippen molar-refractivity contribution in [2.24, 2.45) is 5.92 Å². The number of carbonyl (C=O) groups is 3. The summed E-state index contributed by atoms with van der Waals surface area (Å²) in [5.41, 5.74) is -0.683. The highest BCUT2D eigenvalue weighted by Crippen LogP contribution is 2.15. The van der Waals surface area contributed by atoms with Crippen LogP contribution in [0.2, 0.25) is 0 Å². The molecule has 122 valence electrons. The fourth-order valence-corrected chi connectivity index (χ4v) is 1.69. The van der Waals surface area contributed by atoms with Crippen molar-refractivity contribution in [3.8, 4) is 0 Å². The van der Waals surface area contributed by atoms with Crippen molar-refractivity contribution in [1.29, 1.82) is 0 Å². The Kier molecular flexibility index (Phi) is 7.76. The second-order valence-corrected chi connectivity index (χ2v) is 5.59. The topological polar surface area (TPSA) is 90.9 Å². The van der Waals surface area contributed by atoms with E-state index in [-0.39, 0.29) is 6.42 Å². The summed E-state index contributed by atoms with van der Waals surface area (Å²) in [5.74, 6) is -1.57. The first-order valence-electron chi connectivity index (χ1n) is 6.79. The van der Waals surface area contributed by atoms with Gasteiger partial charge in [-0.25, -0.2) is 9.59 Å². The number of nitrogens with one attached hydrogen (secondary N) is 1. The van der Waals surface area contributed by atoms with Crippen molar-refractivity contribution < 1.29 is 28.6 Å². The lowest BCUT2D eigenvalue weighted by molar-refractivity contribution is -0.148. The van der Waals surface area contributed by atoms with Gasteiger partial charge in [-0.05, 0) is 33.6 Å². The minimum absolute atomic E-state index is 0.0924. The molecule has 1 N–H and O–H groups in total. The molecule has 2 atom stereocenters. The number of carbonyl (C=O) groups excluding carboxylic acids is 3. The largest absolute Gasteiger partial charge is 0.469 e. The zero-order chi connectivity index (χ0) is 16.6. The fourth-order valence-electron chi connectivity index (χ4n) is 1.69. The second-order valence-electron chi connectivity index (χ2n) is 5.59. The van der Waals surface area contributed by atoms with Crippen molar-refractivity contribution in [1.82, 2.24) is 5.32 Å². The van der Waals surface area contributed by atoms with Crippen molar-refractivity contribution in [3.05, 3.63) is 0 Å². The number of hydrogen-bond acceptors (Lipinski definition) is 6. The minimum atomic E-state index is -0.964. The molecule has 0 saturated heterocycles. The molecule has 7 heteroatoms. The monoisotopic (exact) mass is 303 g/mol. The van der Waals surface area contributed by atoms with Crippen molar-refractivity contribution in [2.45, 2.75) is 52.2 Å². The molecule has 0 aromatic rings. The summed E-state index contributed by atoms with van der Waals surface area (Å²) in [5, 5.41) is 2.42. The Morgan fingerprint density at radius 2 is 1.57 bits per heavy atom. The van der Waals surface area contributed by atoms with Gasteiger partial charge < -0.3 is 19.5 Å². The van der Waals surface area contributed by atoms with E-state index < -0.39 is 35.6 Å².